The molecule has 2 aromatic carbocycles. The average molecular weight is 496 g/mol. The van der Waals surface area contributed by atoms with E-state index in [0.29, 0.717) is 39.4 Å². The van der Waals surface area contributed by atoms with E-state index >= 15 is 0 Å². The lowest BCUT2D eigenvalue weighted by Gasteiger charge is -2.16. The number of aryl methyl sites for hydroxylation is 1. The molecule has 0 radical (unpaired) electrons. The predicted molar refractivity (Wildman–Crippen MR) is 134 cm³/mol. The van der Waals surface area contributed by atoms with Crippen molar-refractivity contribution in [3.8, 4) is 11.8 Å². The van der Waals surface area contributed by atoms with E-state index in [1.54, 1.807) is 19.4 Å². The Labute approximate surface area is 206 Å². The molecular weight excluding hydrogens is 476 g/mol. The van der Waals surface area contributed by atoms with Crippen molar-refractivity contribution < 1.29 is 9.13 Å². The summed E-state index contributed by atoms with van der Waals surface area (Å²) in [5.41, 5.74) is 5.31. The summed E-state index contributed by atoms with van der Waals surface area (Å²) in [5, 5.41) is 17.2. The van der Waals surface area contributed by atoms with Crippen LogP contribution in [0.25, 0.3) is 10.9 Å². The maximum Gasteiger partial charge on any atom is 0.141 e. The number of methoxy groups -OCH3 is 1. The van der Waals surface area contributed by atoms with Crippen molar-refractivity contribution in [1.29, 1.82) is 5.26 Å². The highest BCUT2D eigenvalue weighted by Crippen LogP contribution is 2.36. The molecule has 0 saturated carbocycles. The second-order valence-electron chi connectivity index (χ2n) is 7.67. The minimum absolute atomic E-state index is 0.0290. The molecule has 2 heterocycles. The monoisotopic (exact) mass is 495 g/mol. The molecule has 2 aromatic heterocycles. The summed E-state index contributed by atoms with van der Waals surface area (Å²) in [6.45, 7) is 4.34. The van der Waals surface area contributed by atoms with Crippen LogP contribution in [0.4, 0.5) is 21.5 Å². The Morgan fingerprint density at radius 1 is 1.06 bits per heavy atom. The zero-order valence-electron chi connectivity index (χ0n) is 18.6. The van der Waals surface area contributed by atoms with Crippen LogP contribution in [0.2, 0.25) is 10.0 Å². The van der Waals surface area contributed by atoms with Gasteiger partial charge < -0.3 is 15.4 Å². The van der Waals surface area contributed by atoms with E-state index in [2.05, 4.69) is 26.7 Å². The first-order chi connectivity index (χ1) is 16.3. The van der Waals surface area contributed by atoms with Crippen LogP contribution in [-0.4, -0.2) is 17.1 Å². The highest BCUT2D eigenvalue weighted by atomic mass is 35.5. The Morgan fingerprint density at radius 3 is 2.53 bits per heavy atom. The van der Waals surface area contributed by atoms with E-state index in [4.69, 9.17) is 27.9 Å². The van der Waals surface area contributed by atoms with Gasteiger partial charge >= 0.3 is 0 Å². The molecule has 0 amide bonds. The van der Waals surface area contributed by atoms with E-state index in [0.717, 1.165) is 28.3 Å². The van der Waals surface area contributed by atoms with Gasteiger partial charge in [-0.1, -0.05) is 23.2 Å². The van der Waals surface area contributed by atoms with Gasteiger partial charge in [0.05, 0.1) is 46.2 Å². The number of halogens is 3. The Bertz CT molecular complexity index is 1450. The summed E-state index contributed by atoms with van der Waals surface area (Å²) >= 11 is 12.5. The van der Waals surface area contributed by atoms with Crippen molar-refractivity contribution >= 4 is 51.2 Å². The van der Waals surface area contributed by atoms with Crippen LogP contribution < -0.4 is 15.4 Å². The number of hydrogen-bond donors (Lipinski definition) is 2. The van der Waals surface area contributed by atoms with Crippen LogP contribution in [0.3, 0.4) is 0 Å². The summed E-state index contributed by atoms with van der Waals surface area (Å²) in [6, 6.07) is 10.00. The van der Waals surface area contributed by atoms with E-state index < -0.39 is 5.82 Å². The molecule has 0 saturated heterocycles. The van der Waals surface area contributed by atoms with Gasteiger partial charge in [0.25, 0.3) is 0 Å². The molecule has 0 aliphatic heterocycles. The van der Waals surface area contributed by atoms with Crippen LogP contribution >= 0.6 is 23.2 Å². The zero-order valence-corrected chi connectivity index (χ0v) is 20.1. The summed E-state index contributed by atoms with van der Waals surface area (Å²) in [5.74, 6) is 0.272. The van der Waals surface area contributed by atoms with Gasteiger partial charge in [0.15, 0.2) is 0 Å². The number of hydrogen-bond acceptors (Lipinski definition) is 6. The Balaban J connectivity index is 1.73. The molecule has 0 spiro atoms. The lowest BCUT2D eigenvalue weighted by Crippen LogP contribution is -2.06. The van der Waals surface area contributed by atoms with Gasteiger partial charge in [-0.3, -0.25) is 9.97 Å². The van der Waals surface area contributed by atoms with Crippen molar-refractivity contribution in [3.63, 3.8) is 0 Å². The van der Waals surface area contributed by atoms with Crippen LogP contribution in [0, 0.1) is 31.0 Å². The summed E-state index contributed by atoms with van der Waals surface area (Å²) in [4.78, 5) is 8.87. The number of aromatic nitrogens is 2. The van der Waals surface area contributed by atoms with Crippen molar-refractivity contribution in [2.45, 2.75) is 20.4 Å². The zero-order chi connectivity index (χ0) is 24.4. The smallest absolute Gasteiger partial charge is 0.141 e. The number of benzene rings is 2. The third kappa shape index (κ3) is 4.56. The Kier molecular flexibility index (Phi) is 6.73. The van der Waals surface area contributed by atoms with Crippen LogP contribution in [0.5, 0.6) is 5.75 Å². The van der Waals surface area contributed by atoms with Gasteiger partial charge in [-0.2, -0.15) is 5.26 Å². The Hall–Kier alpha value is -3.60. The fraction of sp³-hybridized carbons (Fsp3) is 0.160. The van der Waals surface area contributed by atoms with Gasteiger partial charge in [0.2, 0.25) is 0 Å². The van der Waals surface area contributed by atoms with Crippen molar-refractivity contribution in [2.24, 2.45) is 0 Å². The number of ether oxygens (including phenoxy) is 1. The predicted octanol–water partition coefficient (Wildman–Crippen LogP) is 6.93. The van der Waals surface area contributed by atoms with Gasteiger partial charge in [-0.05, 0) is 44.2 Å². The lowest BCUT2D eigenvalue weighted by atomic mass is 10.1. The molecule has 4 rings (SSSR count). The molecule has 0 bridgehead atoms. The number of fused-ring (bicyclic) bond motifs is 1. The molecular formula is C25H20Cl2FN5O. The number of nitrogens with one attached hydrogen (secondary N) is 2. The van der Waals surface area contributed by atoms with Crippen molar-refractivity contribution in [2.75, 3.05) is 17.7 Å². The fourth-order valence-electron chi connectivity index (χ4n) is 3.73. The fourth-order valence-corrected chi connectivity index (χ4v) is 4.18. The maximum absolute atomic E-state index is 13.6. The molecule has 34 heavy (non-hydrogen) atoms. The minimum Gasteiger partial charge on any atom is -0.496 e. The highest BCUT2D eigenvalue weighted by molar-refractivity contribution is 6.36. The second-order valence-corrected chi connectivity index (χ2v) is 8.48. The SMILES string of the molecule is COc1c(C)cnc(CNc2cc(Cl)c3ncc(C#N)c(Nc4ccc(F)c(Cl)c4)c3c2)c1C. The largest absolute Gasteiger partial charge is 0.496 e. The van der Waals surface area contributed by atoms with E-state index in [-0.39, 0.29) is 5.02 Å². The third-order valence-electron chi connectivity index (χ3n) is 5.44. The number of rotatable bonds is 6. The summed E-state index contributed by atoms with van der Waals surface area (Å²) < 4.78 is 19.1. The molecule has 0 unspecified atom stereocenters. The normalized spacial score (nSPS) is 10.7. The van der Waals surface area contributed by atoms with Crippen molar-refractivity contribution in [1.82, 2.24) is 9.97 Å². The highest BCUT2D eigenvalue weighted by Gasteiger charge is 2.15. The minimum atomic E-state index is -0.529. The van der Waals surface area contributed by atoms with Crippen LogP contribution in [-0.2, 0) is 6.54 Å². The first kappa shape index (κ1) is 23.6. The second kappa shape index (κ2) is 9.72. The van der Waals surface area contributed by atoms with Crippen LogP contribution in [0.15, 0.2) is 42.7 Å². The third-order valence-corrected chi connectivity index (χ3v) is 6.02. The molecule has 6 nitrogen and oxygen atoms in total. The number of anilines is 3. The standard InChI is InChI=1S/C25H20Cl2FN5O/c1-13-10-31-22(14(2)25(13)34-3)12-30-17-6-18-23(33-16-4-5-21(28)19(26)7-16)15(9-29)11-32-24(18)20(27)8-17/h4-8,10-11,30H,12H2,1-3H3,(H,32,33). The molecule has 172 valence electrons. The quantitative estimate of drug-likeness (QED) is 0.301. The summed E-state index contributed by atoms with van der Waals surface area (Å²) in [6.07, 6.45) is 3.22. The first-order valence-electron chi connectivity index (χ1n) is 10.3. The number of nitrogens with zero attached hydrogens (tertiary/aromatic N) is 3. The molecule has 0 fully saturated rings. The topological polar surface area (TPSA) is 82.9 Å². The molecule has 0 aliphatic rings. The average Bonchev–Trinajstić information content (AvgIpc) is 2.81. The van der Waals surface area contributed by atoms with Gasteiger partial charge in [0, 0.05) is 40.3 Å². The maximum atomic E-state index is 13.6. The van der Waals surface area contributed by atoms with Gasteiger partial charge in [0.1, 0.15) is 17.6 Å². The van der Waals surface area contributed by atoms with E-state index in [9.17, 15) is 9.65 Å². The summed E-state index contributed by atoms with van der Waals surface area (Å²) in [7, 11) is 1.64. The van der Waals surface area contributed by atoms with E-state index in [1.165, 1.54) is 24.4 Å². The molecule has 9 heteroatoms. The number of nitriles is 1. The Morgan fingerprint density at radius 2 is 1.82 bits per heavy atom. The lowest BCUT2D eigenvalue weighted by molar-refractivity contribution is 0.407. The molecule has 0 aliphatic carbocycles. The molecule has 2 N–H and O–H groups in total. The van der Waals surface area contributed by atoms with Gasteiger partial charge in [-0.15, -0.1) is 0 Å². The first-order valence-corrected chi connectivity index (χ1v) is 11.0. The van der Waals surface area contributed by atoms with Crippen LogP contribution in [0.1, 0.15) is 22.4 Å². The van der Waals surface area contributed by atoms with Crippen molar-refractivity contribution in [3.05, 3.63) is 81.0 Å². The van der Waals surface area contributed by atoms with E-state index in [1.807, 2.05) is 19.9 Å². The van der Waals surface area contributed by atoms with Gasteiger partial charge in [-0.25, -0.2) is 4.39 Å². The molecule has 0 atom stereocenters. The molecule has 4 aromatic rings. The number of pyridine rings is 2.